The number of aryl methyl sites for hydroxylation is 1. The Bertz CT molecular complexity index is 685. The first kappa shape index (κ1) is 18.5. The van der Waals surface area contributed by atoms with E-state index < -0.39 is 5.97 Å². The summed E-state index contributed by atoms with van der Waals surface area (Å²) < 4.78 is 5.76. The van der Waals surface area contributed by atoms with E-state index in [-0.39, 0.29) is 18.7 Å². The molecule has 0 aliphatic heterocycles. The number of carbonyl (C=O) groups excluding carboxylic acids is 1. The second-order valence-corrected chi connectivity index (χ2v) is 5.76. The lowest BCUT2D eigenvalue weighted by Gasteiger charge is -2.09. The number of hydrogen-bond acceptors (Lipinski definition) is 3. The largest absolute Gasteiger partial charge is 0.494 e. The molecule has 2 aromatic rings. The molecule has 0 heterocycles. The van der Waals surface area contributed by atoms with Crippen LogP contribution in [-0.2, 0) is 22.6 Å². The van der Waals surface area contributed by atoms with Gasteiger partial charge in [0.2, 0.25) is 5.91 Å². The number of benzene rings is 2. The van der Waals surface area contributed by atoms with Gasteiger partial charge < -0.3 is 15.2 Å². The first-order valence-corrected chi connectivity index (χ1v) is 8.37. The number of hydrogen-bond donors (Lipinski definition) is 2. The summed E-state index contributed by atoms with van der Waals surface area (Å²) >= 11 is 0. The van der Waals surface area contributed by atoms with Crippen molar-refractivity contribution in [2.24, 2.45) is 0 Å². The molecule has 0 radical (unpaired) electrons. The predicted octanol–water partition coefficient (Wildman–Crippen LogP) is 3.18. The van der Waals surface area contributed by atoms with Gasteiger partial charge in [-0.2, -0.15) is 0 Å². The summed E-state index contributed by atoms with van der Waals surface area (Å²) in [6, 6.07) is 17.8. The van der Waals surface area contributed by atoms with Gasteiger partial charge in [0.15, 0.2) is 0 Å². The molecule has 5 nitrogen and oxygen atoms in total. The number of carboxylic acids is 1. The Labute approximate surface area is 147 Å². The monoisotopic (exact) mass is 341 g/mol. The Balaban J connectivity index is 1.71. The molecule has 25 heavy (non-hydrogen) atoms. The second kappa shape index (κ2) is 10.1. The first-order valence-electron chi connectivity index (χ1n) is 8.37. The number of carbonyl (C=O) groups is 2. The van der Waals surface area contributed by atoms with E-state index in [0.29, 0.717) is 13.2 Å². The Kier molecular flexibility index (Phi) is 7.50. The molecule has 0 bridgehead atoms. The summed E-state index contributed by atoms with van der Waals surface area (Å²) in [5.74, 6) is -0.469. The molecule has 2 rings (SSSR count). The number of amides is 1. The predicted molar refractivity (Wildman–Crippen MR) is 95.4 cm³/mol. The van der Waals surface area contributed by atoms with E-state index in [1.54, 1.807) is 0 Å². The quantitative estimate of drug-likeness (QED) is 0.651. The van der Waals surface area contributed by atoms with Crippen molar-refractivity contribution in [1.29, 1.82) is 0 Å². The smallest absolute Gasteiger partial charge is 0.303 e. The van der Waals surface area contributed by atoms with E-state index in [4.69, 9.17) is 9.84 Å². The second-order valence-electron chi connectivity index (χ2n) is 5.76. The van der Waals surface area contributed by atoms with Gasteiger partial charge in [-0.3, -0.25) is 9.59 Å². The molecule has 2 aromatic carbocycles. The van der Waals surface area contributed by atoms with Crippen LogP contribution in [0.2, 0.25) is 0 Å². The van der Waals surface area contributed by atoms with Crippen LogP contribution >= 0.6 is 0 Å². The molecule has 132 valence electrons. The number of aliphatic carboxylic acids is 1. The van der Waals surface area contributed by atoms with Crippen molar-refractivity contribution in [2.75, 3.05) is 6.61 Å². The summed E-state index contributed by atoms with van der Waals surface area (Å²) in [6.45, 7) is 0.989. The highest BCUT2D eigenvalue weighted by atomic mass is 16.5. The number of nitrogens with one attached hydrogen (secondary N) is 1. The molecule has 5 heteroatoms. The molecule has 0 saturated carbocycles. The summed E-state index contributed by atoms with van der Waals surface area (Å²) in [6.07, 6.45) is 1.74. The average molecular weight is 341 g/mol. The van der Waals surface area contributed by atoms with Gasteiger partial charge in [-0.1, -0.05) is 42.5 Å². The summed E-state index contributed by atoms with van der Waals surface area (Å²) in [7, 11) is 0. The van der Waals surface area contributed by atoms with Crippen molar-refractivity contribution >= 4 is 11.9 Å². The first-order chi connectivity index (χ1) is 12.1. The molecule has 0 fully saturated rings. The summed E-state index contributed by atoms with van der Waals surface area (Å²) in [5.41, 5.74) is 2.22. The molecular formula is C20H23NO4. The molecule has 2 N–H and O–H groups in total. The molecule has 0 atom stereocenters. The minimum absolute atomic E-state index is 0.00892. The third kappa shape index (κ3) is 7.52. The molecular weight excluding hydrogens is 318 g/mol. The van der Waals surface area contributed by atoms with Gasteiger partial charge in [0, 0.05) is 13.0 Å². The molecule has 0 unspecified atom stereocenters. The maximum atomic E-state index is 11.5. The van der Waals surface area contributed by atoms with Crippen molar-refractivity contribution in [1.82, 2.24) is 5.32 Å². The van der Waals surface area contributed by atoms with E-state index in [0.717, 1.165) is 24.2 Å². The summed E-state index contributed by atoms with van der Waals surface area (Å²) in [5, 5.41) is 11.3. The van der Waals surface area contributed by atoms with E-state index in [9.17, 15) is 9.59 Å². The van der Waals surface area contributed by atoms with Crippen LogP contribution in [0, 0.1) is 0 Å². The van der Waals surface area contributed by atoms with Gasteiger partial charge in [0.05, 0.1) is 13.0 Å². The lowest BCUT2D eigenvalue weighted by molar-refractivity contribution is -0.138. The Morgan fingerprint density at radius 1 is 0.960 bits per heavy atom. The summed E-state index contributed by atoms with van der Waals surface area (Å²) in [4.78, 5) is 22.0. The Morgan fingerprint density at radius 3 is 2.48 bits per heavy atom. The van der Waals surface area contributed by atoms with Crippen LogP contribution in [0.5, 0.6) is 5.75 Å². The molecule has 1 amide bonds. The van der Waals surface area contributed by atoms with Gasteiger partial charge >= 0.3 is 5.97 Å². The highest BCUT2D eigenvalue weighted by molar-refractivity contribution is 5.80. The van der Waals surface area contributed by atoms with Crippen LogP contribution in [0.1, 0.15) is 30.4 Å². The number of ether oxygens (including phenoxy) is 1. The van der Waals surface area contributed by atoms with Gasteiger partial charge in [-0.05, 0) is 36.1 Å². The van der Waals surface area contributed by atoms with Gasteiger partial charge in [0.1, 0.15) is 5.75 Å². The Morgan fingerprint density at radius 2 is 1.72 bits per heavy atom. The zero-order chi connectivity index (χ0) is 17.9. The van der Waals surface area contributed by atoms with Crippen LogP contribution < -0.4 is 10.1 Å². The third-order valence-electron chi connectivity index (χ3n) is 3.68. The molecule has 0 aliphatic rings. The van der Waals surface area contributed by atoms with Gasteiger partial charge in [0.25, 0.3) is 0 Å². The van der Waals surface area contributed by atoms with E-state index in [1.165, 1.54) is 5.56 Å². The molecule has 0 aliphatic carbocycles. The zero-order valence-electron chi connectivity index (χ0n) is 14.1. The minimum atomic E-state index is -0.971. The third-order valence-corrected chi connectivity index (χ3v) is 3.68. The fourth-order valence-corrected chi connectivity index (χ4v) is 2.37. The fraction of sp³-hybridized carbons (Fsp3) is 0.300. The number of rotatable bonds is 10. The van der Waals surface area contributed by atoms with Crippen LogP contribution in [0.15, 0.2) is 54.6 Å². The van der Waals surface area contributed by atoms with Crippen LogP contribution in [0.4, 0.5) is 0 Å². The van der Waals surface area contributed by atoms with E-state index in [2.05, 4.69) is 17.4 Å². The van der Waals surface area contributed by atoms with Crippen molar-refractivity contribution in [3.63, 3.8) is 0 Å². The highest BCUT2D eigenvalue weighted by Crippen LogP contribution is 2.14. The maximum Gasteiger partial charge on any atom is 0.303 e. The zero-order valence-corrected chi connectivity index (χ0v) is 14.1. The van der Waals surface area contributed by atoms with Crippen LogP contribution in [-0.4, -0.2) is 23.6 Å². The van der Waals surface area contributed by atoms with E-state index >= 15 is 0 Å². The standard InChI is InChI=1S/C20H23NO4/c22-19(11-12-20(23)24)21-15-17-8-4-10-18(14-17)25-13-5-9-16-6-2-1-3-7-16/h1-4,6-8,10,14H,5,9,11-13,15H2,(H,21,22)(H,23,24). The van der Waals surface area contributed by atoms with E-state index in [1.807, 2.05) is 42.5 Å². The van der Waals surface area contributed by atoms with Crippen molar-refractivity contribution in [3.05, 3.63) is 65.7 Å². The van der Waals surface area contributed by atoms with Gasteiger partial charge in [-0.25, -0.2) is 0 Å². The topological polar surface area (TPSA) is 75.6 Å². The molecule has 0 aromatic heterocycles. The number of carboxylic acid groups (broad SMARTS) is 1. The lowest BCUT2D eigenvalue weighted by Crippen LogP contribution is -2.23. The highest BCUT2D eigenvalue weighted by Gasteiger charge is 2.05. The van der Waals surface area contributed by atoms with Crippen molar-refractivity contribution in [3.8, 4) is 5.75 Å². The normalized spacial score (nSPS) is 10.2. The van der Waals surface area contributed by atoms with Crippen LogP contribution in [0.3, 0.4) is 0 Å². The maximum absolute atomic E-state index is 11.5. The lowest BCUT2D eigenvalue weighted by atomic mass is 10.1. The SMILES string of the molecule is O=C(O)CCC(=O)NCc1cccc(OCCCc2ccccc2)c1. The minimum Gasteiger partial charge on any atom is -0.494 e. The molecule has 0 saturated heterocycles. The Hall–Kier alpha value is -2.82. The van der Waals surface area contributed by atoms with Crippen molar-refractivity contribution < 1.29 is 19.4 Å². The fourth-order valence-electron chi connectivity index (χ4n) is 2.37. The van der Waals surface area contributed by atoms with Crippen molar-refractivity contribution in [2.45, 2.75) is 32.2 Å². The average Bonchev–Trinajstić information content (AvgIpc) is 2.63. The van der Waals surface area contributed by atoms with Gasteiger partial charge in [-0.15, -0.1) is 0 Å². The molecule has 0 spiro atoms. The van der Waals surface area contributed by atoms with Crippen LogP contribution in [0.25, 0.3) is 0 Å².